The Morgan fingerprint density at radius 2 is 1.94 bits per heavy atom. The maximum absolute atomic E-state index is 12.3. The third-order valence-electron chi connectivity index (χ3n) is 3.53. The Morgan fingerprint density at radius 3 is 2.50 bits per heavy atom. The average Bonchev–Trinajstić information content (AvgIpc) is 2.38. The van der Waals surface area contributed by atoms with Gasteiger partial charge in [0.2, 0.25) is 0 Å². The lowest BCUT2D eigenvalue weighted by Gasteiger charge is -2.32. The number of likely N-dealkylation sites (N-methyl/N-ethyl adjacent to an activating group) is 1. The number of amides is 1. The lowest BCUT2D eigenvalue weighted by atomic mass is 10.0. The molecule has 3 heteroatoms. The van der Waals surface area contributed by atoms with E-state index in [4.69, 9.17) is 0 Å². The fourth-order valence-corrected chi connectivity index (χ4v) is 2.23. The normalized spacial score (nSPS) is 16.7. The van der Waals surface area contributed by atoms with Crippen molar-refractivity contribution in [2.24, 2.45) is 0 Å². The van der Waals surface area contributed by atoms with E-state index in [1.54, 1.807) is 0 Å². The first-order chi connectivity index (χ1) is 8.61. The molecule has 0 aliphatic carbocycles. The topological polar surface area (TPSA) is 23.6 Å². The van der Waals surface area contributed by atoms with E-state index in [1.165, 1.54) is 0 Å². The lowest BCUT2D eigenvalue weighted by Crippen LogP contribution is -2.47. The molecule has 1 aromatic rings. The predicted octanol–water partition coefficient (Wildman–Crippen LogP) is 2.03. The summed E-state index contributed by atoms with van der Waals surface area (Å²) in [6.45, 7) is 9.32. The largest absolute Gasteiger partial charge is 0.336 e. The molecule has 0 atom stereocenters. The number of carbonyl (C=O) groups is 1. The van der Waals surface area contributed by atoms with Gasteiger partial charge in [-0.05, 0) is 37.2 Å². The van der Waals surface area contributed by atoms with E-state index in [-0.39, 0.29) is 5.91 Å². The van der Waals surface area contributed by atoms with Gasteiger partial charge in [-0.1, -0.05) is 18.7 Å². The van der Waals surface area contributed by atoms with Crippen LogP contribution in [0, 0.1) is 6.92 Å². The highest BCUT2D eigenvalue weighted by molar-refractivity contribution is 5.94. The van der Waals surface area contributed by atoms with Gasteiger partial charge >= 0.3 is 0 Å². The average molecular weight is 244 g/mol. The van der Waals surface area contributed by atoms with Crippen molar-refractivity contribution in [2.45, 2.75) is 6.92 Å². The minimum absolute atomic E-state index is 0.141. The summed E-state index contributed by atoms with van der Waals surface area (Å²) in [5.41, 5.74) is 2.97. The molecule has 1 aliphatic rings. The van der Waals surface area contributed by atoms with Crippen LogP contribution in [0.4, 0.5) is 0 Å². The summed E-state index contributed by atoms with van der Waals surface area (Å²) in [6, 6.07) is 5.81. The van der Waals surface area contributed by atoms with Gasteiger partial charge in [0.1, 0.15) is 0 Å². The number of aryl methyl sites for hydroxylation is 1. The molecule has 1 amide bonds. The molecule has 0 saturated carbocycles. The smallest absolute Gasteiger partial charge is 0.253 e. The molecule has 0 unspecified atom stereocenters. The molecule has 1 saturated heterocycles. The van der Waals surface area contributed by atoms with Crippen LogP contribution in [0.3, 0.4) is 0 Å². The van der Waals surface area contributed by atoms with Crippen molar-refractivity contribution in [3.05, 3.63) is 41.5 Å². The van der Waals surface area contributed by atoms with E-state index in [1.807, 2.05) is 36.1 Å². The molecule has 0 bridgehead atoms. The number of rotatable bonds is 2. The maximum Gasteiger partial charge on any atom is 0.253 e. The second-order valence-electron chi connectivity index (χ2n) is 4.87. The zero-order chi connectivity index (χ0) is 13.1. The second-order valence-corrected chi connectivity index (χ2v) is 4.87. The molecular formula is C15H20N2O. The van der Waals surface area contributed by atoms with Crippen LogP contribution < -0.4 is 0 Å². The van der Waals surface area contributed by atoms with E-state index in [0.29, 0.717) is 0 Å². The Morgan fingerprint density at radius 1 is 1.28 bits per heavy atom. The number of piperazine rings is 1. The molecule has 1 aliphatic heterocycles. The fourth-order valence-electron chi connectivity index (χ4n) is 2.23. The van der Waals surface area contributed by atoms with Crippen LogP contribution in [0.15, 0.2) is 24.8 Å². The Bertz CT molecular complexity index is 460. The first-order valence-corrected chi connectivity index (χ1v) is 6.32. The van der Waals surface area contributed by atoms with Crippen LogP contribution >= 0.6 is 0 Å². The van der Waals surface area contributed by atoms with E-state index in [2.05, 4.69) is 18.5 Å². The third kappa shape index (κ3) is 2.62. The standard InChI is InChI=1S/C15H20N2O/c1-4-13-5-6-14(11-12(13)2)15(18)17-9-7-16(3)8-10-17/h4-6,11H,1,7-10H2,2-3H3. The van der Waals surface area contributed by atoms with Crippen molar-refractivity contribution in [3.63, 3.8) is 0 Å². The molecule has 18 heavy (non-hydrogen) atoms. The van der Waals surface area contributed by atoms with Crippen LogP contribution in [0.25, 0.3) is 6.08 Å². The van der Waals surface area contributed by atoms with Gasteiger partial charge in [0.25, 0.3) is 5.91 Å². The Labute approximate surface area is 109 Å². The highest BCUT2D eigenvalue weighted by atomic mass is 16.2. The molecule has 0 N–H and O–H groups in total. The zero-order valence-corrected chi connectivity index (χ0v) is 11.1. The second kappa shape index (κ2) is 5.36. The van der Waals surface area contributed by atoms with Crippen LogP contribution in [0.2, 0.25) is 0 Å². The number of carbonyl (C=O) groups excluding carboxylic acids is 1. The van der Waals surface area contributed by atoms with Crippen molar-refractivity contribution < 1.29 is 4.79 Å². The summed E-state index contributed by atoms with van der Waals surface area (Å²) >= 11 is 0. The predicted molar refractivity (Wildman–Crippen MR) is 74.7 cm³/mol. The van der Waals surface area contributed by atoms with Crippen molar-refractivity contribution in [1.82, 2.24) is 9.80 Å². The highest BCUT2D eigenvalue weighted by Gasteiger charge is 2.20. The summed E-state index contributed by atoms with van der Waals surface area (Å²) in [5.74, 6) is 0.141. The fraction of sp³-hybridized carbons (Fsp3) is 0.400. The summed E-state index contributed by atoms with van der Waals surface area (Å²) < 4.78 is 0. The highest BCUT2D eigenvalue weighted by Crippen LogP contribution is 2.14. The monoisotopic (exact) mass is 244 g/mol. The molecule has 0 spiro atoms. The minimum atomic E-state index is 0.141. The van der Waals surface area contributed by atoms with Gasteiger partial charge in [0.15, 0.2) is 0 Å². The molecule has 1 fully saturated rings. The molecule has 0 radical (unpaired) electrons. The molecule has 96 valence electrons. The van der Waals surface area contributed by atoms with E-state index < -0.39 is 0 Å². The van der Waals surface area contributed by atoms with Crippen molar-refractivity contribution in [2.75, 3.05) is 33.2 Å². The summed E-state index contributed by atoms with van der Waals surface area (Å²) in [6.07, 6.45) is 1.82. The number of hydrogen-bond acceptors (Lipinski definition) is 2. The van der Waals surface area contributed by atoms with Crippen molar-refractivity contribution >= 4 is 12.0 Å². The quantitative estimate of drug-likeness (QED) is 0.794. The Balaban J connectivity index is 2.13. The van der Waals surface area contributed by atoms with Crippen molar-refractivity contribution in [1.29, 1.82) is 0 Å². The number of benzene rings is 1. The SMILES string of the molecule is C=Cc1ccc(C(=O)N2CCN(C)CC2)cc1C. The zero-order valence-electron chi connectivity index (χ0n) is 11.1. The lowest BCUT2D eigenvalue weighted by molar-refractivity contribution is 0.0664. The number of nitrogens with zero attached hydrogens (tertiary/aromatic N) is 2. The van der Waals surface area contributed by atoms with Crippen LogP contribution in [-0.4, -0.2) is 48.9 Å². The molecule has 1 aromatic carbocycles. The van der Waals surface area contributed by atoms with Crippen LogP contribution in [0.5, 0.6) is 0 Å². The molecular weight excluding hydrogens is 224 g/mol. The maximum atomic E-state index is 12.3. The van der Waals surface area contributed by atoms with Gasteiger partial charge in [0, 0.05) is 31.7 Å². The molecule has 3 nitrogen and oxygen atoms in total. The Hall–Kier alpha value is -1.61. The van der Waals surface area contributed by atoms with Gasteiger partial charge in [-0.25, -0.2) is 0 Å². The van der Waals surface area contributed by atoms with Crippen LogP contribution in [0.1, 0.15) is 21.5 Å². The van der Waals surface area contributed by atoms with Gasteiger partial charge in [-0.2, -0.15) is 0 Å². The molecule has 2 rings (SSSR count). The number of hydrogen-bond donors (Lipinski definition) is 0. The molecule has 1 heterocycles. The Kier molecular flexibility index (Phi) is 3.82. The summed E-state index contributed by atoms with van der Waals surface area (Å²) in [7, 11) is 2.09. The van der Waals surface area contributed by atoms with Gasteiger partial charge in [-0.3, -0.25) is 4.79 Å². The van der Waals surface area contributed by atoms with Crippen LogP contribution in [-0.2, 0) is 0 Å². The summed E-state index contributed by atoms with van der Waals surface area (Å²) in [5, 5.41) is 0. The molecule has 0 aromatic heterocycles. The van der Waals surface area contributed by atoms with E-state index in [9.17, 15) is 4.79 Å². The minimum Gasteiger partial charge on any atom is -0.336 e. The third-order valence-corrected chi connectivity index (χ3v) is 3.53. The van der Waals surface area contributed by atoms with Crippen molar-refractivity contribution in [3.8, 4) is 0 Å². The van der Waals surface area contributed by atoms with Gasteiger partial charge in [0.05, 0.1) is 0 Å². The summed E-state index contributed by atoms with van der Waals surface area (Å²) in [4.78, 5) is 16.5. The first kappa shape index (κ1) is 12.8. The first-order valence-electron chi connectivity index (χ1n) is 6.32. The van der Waals surface area contributed by atoms with Gasteiger partial charge < -0.3 is 9.80 Å². The van der Waals surface area contributed by atoms with E-state index >= 15 is 0 Å². The van der Waals surface area contributed by atoms with E-state index in [0.717, 1.165) is 42.9 Å². The van der Waals surface area contributed by atoms with Gasteiger partial charge in [-0.15, -0.1) is 0 Å².